The highest BCUT2D eigenvalue weighted by Crippen LogP contribution is 2.34. The molecule has 2 aromatic carbocycles. The summed E-state index contributed by atoms with van der Waals surface area (Å²) in [5.74, 6) is 1.18. The lowest BCUT2D eigenvalue weighted by Gasteiger charge is -2.32. The van der Waals surface area contributed by atoms with Crippen molar-refractivity contribution in [1.82, 2.24) is 20.4 Å². The molecule has 2 fully saturated rings. The number of anilines is 2. The highest BCUT2D eigenvalue weighted by Gasteiger charge is 2.19. The molecule has 7 nitrogen and oxygen atoms in total. The van der Waals surface area contributed by atoms with E-state index < -0.39 is 0 Å². The third kappa shape index (κ3) is 5.49. The average Bonchev–Trinajstić information content (AvgIpc) is 3.54. The first-order valence-corrected chi connectivity index (χ1v) is 11.7. The smallest absolute Gasteiger partial charge is 0.258 e. The molecule has 3 aromatic rings. The topological polar surface area (TPSA) is 69.5 Å². The zero-order valence-corrected chi connectivity index (χ0v) is 20.0. The number of rotatable bonds is 7. The number of hydrogen-bond acceptors (Lipinski definition) is 7. The largest absolute Gasteiger partial charge is 0.383 e. The van der Waals surface area contributed by atoms with Crippen molar-refractivity contribution in [3.8, 4) is 22.8 Å². The summed E-state index contributed by atoms with van der Waals surface area (Å²) in [6.45, 7) is 10.7. The van der Waals surface area contributed by atoms with E-state index in [-0.39, 0.29) is 12.4 Å². The second-order valence-electron chi connectivity index (χ2n) is 8.67. The number of aromatic nitrogens is 2. The van der Waals surface area contributed by atoms with Crippen LogP contribution in [0.4, 0.5) is 11.4 Å². The van der Waals surface area contributed by atoms with E-state index in [2.05, 4.69) is 44.6 Å². The molecule has 8 heteroatoms. The van der Waals surface area contributed by atoms with Crippen LogP contribution < -0.4 is 15.5 Å². The zero-order valence-electron chi connectivity index (χ0n) is 19.2. The van der Waals surface area contributed by atoms with E-state index in [1.54, 1.807) is 0 Å². The predicted molar refractivity (Wildman–Crippen MR) is 136 cm³/mol. The molecule has 0 aliphatic carbocycles. The van der Waals surface area contributed by atoms with E-state index in [0.29, 0.717) is 11.7 Å². The Bertz CT molecular complexity index is 1030. The molecule has 0 bridgehead atoms. The normalized spacial score (nSPS) is 16.6. The van der Waals surface area contributed by atoms with Crippen LogP contribution in [-0.2, 0) is 0 Å². The second-order valence-corrected chi connectivity index (χ2v) is 8.67. The monoisotopic (exact) mass is 468 g/mol. The van der Waals surface area contributed by atoms with E-state index in [9.17, 15) is 0 Å². The Morgan fingerprint density at radius 1 is 1.00 bits per heavy atom. The van der Waals surface area contributed by atoms with Gasteiger partial charge in [-0.15, -0.1) is 12.4 Å². The van der Waals surface area contributed by atoms with Crippen molar-refractivity contribution >= 4 is 23.8 Å². The van der Waals surface area contributed by atoms with Crippen LogP contribution >= 0.6 is 12.4 Å². The fourth-order valence-electron chi connectivity index (χ4n) is 4.64. The summed E-state index contributed by atoms with van der Waals surface area (Å²) in [7, 11) is 0. The fourth-order valence-corrected chi connectivity index (χ4v) is 4.64. The van der Waals surface area contributed by atoms with Crippen molar-refractivity contribution in [2.24, 2.45) is 0 Å². The summed E-state index contributed by atoms with van der Waals surface area (Å²) in [6.07, 6.45) is 2.64. The first-order valence-electron chi connectivity index (χ1n) is 11.7. The summed E-state index contributed by atoms with van der Waals surface area (Å²) in [5, 5.41) is 11.4. The van der Waals surface area contributed by atoms with Gasteiger partial charge in [-0.3, -0.25) is 0 Å². The van der Waals surface area contributed by atoms with Gasteiger partial charge in [-0.05, 0) is 50.6 Å². The minimum Gasteiger partial charge on any atom is -0.383 e. The zero-order chi connectivity index (χ0) is 21.8. The van der Waals surface area contributed by atoms with Gasteiger partial charge in [-0.25, -0.2) is 0 Å². The molecule has 0 unspecified atom stereocenters. The van der Waals surface area contributed by atoms with Crippen LogP contribution in [-0.4, -0.2) is 67.4 Å². The lowest BCUT2D eigenvalue weighted by atomic mass is 10.0. The molecule has 0 amide bonds. The molecular formula is C25H33ClN6O. The van der Waals surface area contributed by atoms with Crippen LogP contribution in [0.5, 0.6) is 0 Å². The van der Waals surface area contributed by atoms with Crippen molar-refractivity contribution in [2.45, 2.75) is 19.8 Å². The van der Waals surface area contributed by atoms with Crippen LogP contribution in [0.2, 0.25) is 0 Å². The Balaban J connectivity index is 0.00000259. The Hall–Kier alpha value is -2.61. The highest BCUT2D eigenvalue weighted by molar-refractivity contribution is 5.85. The summed E-state index contributed by atoms with van der Waals surface area (Å²) in [6, 6.07) is 14.3. The maximum Gasteiger partial charge on any atom is 0.258 e. The number of hydrogen-bond donors (Lipinski definition) is 2. The molecule has 2 N–H and O–H groups in total. The van der Waals surface area contributed by atoms with Gasteiger partial charge < -0.3 is 25.0 Å². The van der Waals surface area contributed by atoms with Crippen LogP contribution in [0.15, 0.2) is 47.0 Å². The van der Waals surface area contributed by atoms with Crippen molar-refractivity contribution in [3.05, 3.63) is 48.0 Å². The van der Waals surface area contributed by atoms with E-state index in [1.807, 2.05) is 30.3 Å². The van der Waals surface area contributed by atoms with Crippen LogP contribution in [0.25, 0.3) is 22.8 Å². The number of nitrogens with zero attached hydrogens (tertiary/aromatic N) is 4. The molecule has 0 atom stereocenters. The number of halogens is 1. The third-order valence-electron chi connectivity index (χ3n) is 6.49. The molecule has 3 heterocycles. The Morgan fingerprint density at radius 3 is 2.52 bits per heavy atom. The van der Waals surface area contributed by atoms with E-state index >= 15 is 0 Å². The standard InChI is InChI=1S/C25H32N6O.ClH/c1-19-22(27-11-14-30-12-5-6-13-30)17-21(18-23(19)31-15-9-26-10-16-31)25-28-24(29-32-25)20-7-3-2-4-8-20;/h2-4,7-8,17-18,26-27H,5-6,9-16H2,1H3;1H. The SMILES string of the molecule is Cc1c(NCCN2CCCC2)cc(-c2nc(-c3ccccc3)no2)cc1N1CCNCC1.Cl. The van der Waals surface area contributed by atoms with Gasteiger partial charge in [0, 0.05) is 61.8 Å². The minimum absolute atomic E-state index is 0. The van der Waals surface area contributed by atoms with Gasteiger partial charge in [-0.1, -0.05) is 35.5 Å². The van der Waals surface area contributed by atoms with Crippen molar-refractivity contribution in [3.63, 3.8) is 0 Å². The van der Waals surface area contributed by atoms with Crippen LogP contribution in [0.1, 0.15) is 18.4 Å². The van der Waals surface area contributed by atoms with Gasteiger partial charge in [0.1, 0.15) is 0 Å². The lowest BCUT2D eigenvalue weighted by Crippen LogP contribution is -2.43. The van der Waals surface area contributed by atoms with Gasteiger partial charge in [0.25, 0.3) is 5.89 Å². The molecule has 2 aliphatic rings. The van der Waals surface area contributed by atoms with Gasteiger partial charge in [-0.2, -0.15) is 4.98 Å². The highest BCUT2D eigenvalue weighted by atomic mass is 35.5. The molecule has 2 saturated heterocycles. The molecule has 0 radical (unpaired) electrons. The van der Waals surface area contributed by atoms with E-state index in [0.717, 1.165) is 56.1 Å². The van der Waals surface area contributed by atoms with Gasteiger partial charge in [0.2, 0.25) is 5.82 Å². The summed E-state index contributed by atoms with van der Waals surface area (Å²) in [4.78, 5) is 9.70. The Kier molecular flexibility index (Phi) is 7.85. The Labute approximate surface area is 202 Å². The third-order valence-corrected chi connectivity index (χ3v) is 6.49. The van der Waals surface area contributed by atoms with Gasteiger partial charge >= 0.3 is 0 Å². The Morgan fingerprint density at radius 2 is 1.76 bits per heavy atom. The van der Waals surface area contributed by atoms with Crippen molar-refractivity contribution in [1.29, 1.82) is 0 Å². The molecular weight excluding hydrogens is 436 g/mol. The quantitative estimate of drug-likeness (QED) is 0.542. The maximum atomic E-state index is 5.70. The maximum absolute atomic E-state index is 5.70. The number of nitrogens with one attached hydrogen (secondary N) is 2. The molecule has 5 rings (SSSR count). The lowest BCUT2D eigenvalue weighted by molar-refractivity contribution is 0.352. The van der Waals surface area contributed by atoms with E-state index in [1.165, 1.54) is 37.2 Å². The molecule has 176 valence electrons. The summed E-state index contributed by atoms with van der Waals surface area (Å²) < 4.78 is 5.70. The first-order chi connectivity index (χ1) is 15.8. The van der Waals surface area contributed by atoms with Gasteiger partial charge in [0.05, 0.1) is 0 Å². The van der Waals surface area contributed by atoms with Crippen molar-refractivity contribution in [2.75, 3.05) is 62.6 Å². The fraction of sp³-hybridized carbons (Fsp3) is 0.440. The second kappa shape index (κ2) is 11.0. The van der Waals surface area contributed by atoms with Crippen LogP contribution in [0.3, 0.4) is 0 Å². The molecule has 2 aliphatic heterocycles. The predicted octanol–water partition coefficient (Wildman–Crippen LogP) is 4.05. The average molecular weight is 469 g/mol. The molecule has 0 saturated carbocycles. The van der Waals surface area contributed by atoms with E-state index in [4.69, 9.17) is 9.51 Å². The number of likely N-dealkylation sites (tertiary alicyclic amines) is 1. The summed E-state index contributed by atoms with van der Waals surface area (Å²) in [5.41, 5.74) is 5.59. The molecule has 33 heavy (non-hydrogen) atoms. The number of benzene rings is 2. The summed E-state index contributed by atoms with van der Waals surface area (Å²) >= 11 is 0. The molecule has 1 aromatic heterocycles. The minimum atomic E-state index is 0. The number of piperazine rings is 1. The first kappa shape index (κ1) is 23.5. The van der Waals surface area contributed by atoms with Crippen molar-refractivity contribution < 1.29 is 4.52 Å². The molecule has 0 spiro atoms. The van der Waals surface area contributed by atoms with Gasteiger partial charge in [0.15, 0.2) is 0 Å². The van der Waals surface area contributed by atoms with Crippen LogP contribution in [0, 0.1) is 6.92 Å².